The van der Waals surface area contributed by atoms with Gasteiger partial charge in [0.1, 0.15) is 11.5 Å². The van der Waals surface area contributed by atoms with Crippen molar-refractivity contribution in [1.82, 2.24) is 10.3 Å². The Morgan fingerprint density at radius 2 is 1.67 bits per heavy atom. The molecule has 5 nitrogen and oxygen atoms in total. The highest BCUT2D eigenvalue weighted by molar-refractivity contribution is 7.99. The number of H-pyrrole nitrogens is 1. The maximum atomic E-state index is 12.5. The normalized spacial score (nSPS) is 11.0. The number of methoxy groups -OCH3 is 1. The number of aromatic amines is 1. The minimum atomic E-state index is -0.0824. The molecule has 1 heterocycles. The fraction of sp³-hybridized carbons (Fsp3) is 0.222. The number of hydrogen-bond donors (Lipinski definition) is 2. The van der Waals surface area contributed by atoms with E-state index in [1.165, 1.54) is 10.3 Å². The summed E-state index contributed by atoms with van der Waals surface area (Å²) in [5.41, 5.74) is 3.90. The van der Waals surface area contributed by atoms with E-state index in [4.69, 9.17) is 9.47 Å². The van der Waals surface area contributed by atoms with Gasteiger partial charge < -0.3 is 19.8 Å². The number of rotatable bonds is 9. The monoisotopic (exact) mass is 460 g/mol. The Labute approximate surface area is 198 Å². The molecule has 1 aromatic heterocycles. The van der Waals surface area contributed by atoms with Crippen LogP contribution in [0.3, 0.4) is 0 Å². The number of hydrogen-bond acceptors (Lipinski definition) is 4. The fourth-order valence-electron chi connectivity index (χ4n) is 3.60. The van der Waals surface area contributed by atoms with Gasteiger partial charge in [-0.05, 0) is 74.0 Å². The standard InChI is InChI=1S/C27H28N2O3S/c1-18(2)32-22-14-10-20(11-15-22)27(30)28-16-17-33-26-23-6-4-5-7-24(23)29-25(26)19-8-12-21(31-3)13-9-19/h4-15,18,29H,16-17H2,1-3H3,(H,28,30). The minimum Gasteiger partial charge on any atom is -0.497 e. The second-order valence-corrected chi connectivity index (χ2v) is 9.00. The number of nitrogens with one attached hydrogen (secondary N) is 2. The lowest BCUT2D eigenvalue weighted by molar-refractivity contribution is 0.0956. The summed E-state index contributed by atoms with van der Waals surface area (Å²) in [4.78, 5) is 17.3. The molecule has 3 aromatic carbocycles. The molecule has 33 heavy (non-hydrogen) atoms. The van der Waals surface area contributed by atoms with Crippen LogP contribution in [0.15, 0.2) is 77.7 Å². The predicted molar refractivity (Wildman–Crippen MR) is 136 cm³/mol. The van der Waals surface area contributed by atoms with Crippen LogP contribution in [0, 0.1) is 0 Å². The lowest BCUT2D eigenvalue weighted by Gasteiger charge is -2.10. The van der Waals surface area contributed by atoms with E-state index in [9.17, 15) is 4.79 Å². The molecule has 4 rings (SSSR count). The summed E-state index contributed by atoms with van der Waals surface area (Å²) in [7, 11) is 1.67. The Morgan fingerprint density at radius 1 is 0.970 bits per heavy atom. The van der Waals surface area contributed by atoms with Crippen LogP contribution < -0.4 is 14.8 Å². The van der Waals surface area contributed by atoms with Crippen LogP contribution >= 0.6 is 11.8 Å². The minimum absolute atomic E-state index is 0.0824. The van der Waals surface area contributed by atoms with Crippen LogP contribution in [0.5, 0.6) is 11.5 Å². The van der Waals surface area contributed by atoms with Crippen molar-refractivity contribution >= 4 is 28.6 Å². The van der Waals surface area contributed by atoms with Gasteiger partial charge >= 0.3 is 0 Å². The molecule has 0 spiro atoms. The van der Waals surface area contributed by atoms with Crippen molar-refractivity contribution in [2.45, 2.75) is 24.8 Å². The lowest BCUT2D eigenvalue weighted by atomic mass is 10.1. The van der Waals surface area contributed by atoms with E-state index < -0.39 is 0 Å². The molecule has 2 N–H and O–H groups in total. The molecule has 0 fully saturated rings. The zero-order chi connectivity index (χ0) is 23.2. The molecular weight excluding hydrogens is 432 g/mol. The predicted octanol–water partition coefficient (Wildman–Crippen LogP) is 6.15. The van der Waals surface area contributed by atoms with Gasteiger partial charge in [0, 0.05) is 33.7 Å². The van der Waals surface area contributed by atoms with Gasteiger partial charge in [-0.25, -0.2) is 0 Å². The summed E-state index contributed by atoms with van der Waals surface area (Å²) in [5, 5.41) is 4.20. The van der Waals surface area contributed by atoms with E-state index in [-0.39, 0.29) is 12.0 Å². The van der Waals surface area contributed by atoms with Crippen molar-refractivity contribution < 1.29 is 14.3 Å². The molecule has 1 amide bonds. The van der Waals surface area contributed by atoms with Gasteiger partial charge in [-0.3, -0.25) is 4.79 Å². The van der Waals surface area contributed by atoms with Crippen LogP contribution in [-0.2, 0) is 0 Å². The van der Waals surface area contributed by atoms with Gasteiger partial charge in [-0.2, -0.15) is 0 Å². The Morgan fingerprint density at radius 3 is 2.36 bits per heavy atom. The second-order valence-electron chi connectivity index (χ2n) is 7.90. The molecule has 4 aromatic rings. The van der Waals surface area contributed by atoms with Crippen LogP contribution in [0.25, 0.3) is 22.2 Å². The molecule has 170 valence electrons. The second kappa shape index (κ2) is 10.5. The summed E-state index contributed by atoms with van der Waals surface area (Å²) in [6.07, 6.45) is 0.106. The first-order valence-electron chi connectivity index (χ1n) is 11.0. The van der Waals surface area contributed by atoms with Crippen molar-refractivity contribution in [3.05, 3.63) is 78.4 Å². The number of benzene rings is 3. The highest BCUT2D eigenvalue weighted by Crippen LogP contribution is 2.38. The average molecular weight is 461 g/mol. The molecule has 0 aliphatic rings. The van der Waals surface area contributed by atoms with Crippen molar-refractivity contribution in [2.75, 3.05) is 19.4 Å². The van der Waals surface area contributed by atoms with Gasteiger partial charge in [0.25, 0.3) is 5.91 Å². The molecule has 0 saturated heterocycles. The van der Waals surface area contributed by atoms with E-state index in [0.29, 0.717) is 12.1 Å². The van der Waals surface area contributed by atoms with Crippen molar-refractivity contribution in [2.24, 2.45) is 0 Å². The number of thioether (sulfide) groups is 1. The third-order valence-electron chi connectivity index (χ3n) is 5.16. The Kier molecular flexibility index (Phi) is 7.25. The zero-order valence-corrected chi connectivity index (χ0v) is 19.9. The molecule has 0 atom stereocenters. The van der Waals surface area contributed by atoms with Gasteiger partial charge in [-0.1, -0.05) is 18.2 Å². The van der Waals surface area contributed by atoms with Gasteiger partial charge in [-0.15, -0.1) is 11.8 Å². The SMILES string of the molecule is COc1ccc(-c2[nH]c3ccccc3c2SCCNC(=O)c2ccc(OC(C)C)cc2)cc1. The fourth-order valence-corrected chi connectivity index (χ4v) is 4.66. The largest absolute Gasteiger partial charge is 0.497 e. The summed E-state index contributed by atoms with van der Waals surface area (Å²) >= 11 is 1.74. The molecule has 0 bridgehead atoms. The highest BCUT2D eigenvalue weighted by atomic mass is 32.2. The number of fused-ring (bicyclic) bond motifs is 1. The van der Waals surface area contributed by atoms with Crippen molar-refractivity contribution in [3.63, 3.8) is 0 Å². The number of ether oxygens (including phenoxy) is 2. The van der Waals surface area contributed by atoms with Crippen LogP contribution in [0.4, 0.5) is 0 Å². The van der Waals surface area contributed by atoms with E-state index in [1.54, 1.807) is 31.0 Å². The number of aromatic nitrogens is 1. The molecule has 0 aliphatic carbocycles. The van der Waals surface area contributed by atoms with E-state index in [2.05, 4.69) is 34.6 Å². The molecule has 0 aliphatic heterocycles. The first-order chi connectivity index (χ1) is 16.0. The van der Waals surface area contributed by atoms with Gasteiger partial charge in [0.2, 0.25) is 0 Å². The Bertz CT molecular complexity index is 1210. The average Bonchev–Trinajstić information content (AvgIpc) is 3.20. The number of para-hydroxylation sites is 1. The van der Waals surface area contributed by atoms with Gasteiger partial charge in [0.05, 0.1) is 18.9 Å². The van der Waals surface area contributed by atoms with Crippen molar-refractivity contribution in [3.8, 4) is 22.8 Å². The number of amides is 1. The lowest BCUT2D eigenvalue weighted by Crippen LogP contribution is -2.25. The summed E-state index contributed by atoms with van der Waals surface area (Å²) < 4.78 is 10.9. The van der Waals surface area contributed by atoms with Crippen LogP contribution in [-0.4, -0.2) is 36.4 Å². The summed E-state index contributed by atoms with van der Waals surface area (Å²) in [6.45, 7) is 4.52. The van der Waals surface area contributed by atoms with Crippen LogP contribution in [0.1, 0.15) is 24.2 Å². The Hall–Kier alpha value is -3.38. The highest BCUT2D eigenvalue weighted by Gasteiger charge is 2.14. The maximum absolute atomic E-state index is 12.5. The quantitative estimate of drug-likeness (QED) is 0.232. The molecule has 0 unspecified atom stereocenters. The molecular formula is C27H28N2O3S. The third kappa shape index (κ3) is 5.52. The summed E-state index contributed by atoms with van der Waals surface area (Å²) in [5.74, 6) is 2.27. The first kappa shape index (κ1) is 22.8. The van der Waals surface area contributed by atoms with Gasteiger partial charge in [0.15, 0.2) is 0 Å². The van der Waals surface area contributed by atoms with E-state index >= 15 is 0 Å². The topological polar surface area (TPSA) is 63.3 Å². The smallest absolute Gasteiger partial charge is 0.251 e. The van der Waals surface area contributed by atoms with Crippen LogP contribution in [0.2, 0.25) is 0 Å². The maximum Gasteiger partial charge on any atom is 0.251 e. The molecule has 6 heteroatoms. The third-order valence-corrected chi connectivity index (χ3v) is 6.28. The number of carbonyl (C=O) groups excluding carboxylic acids is 1. The van der Waals surface area contributed by atoms with E-state index in [0.717, 1.165) is 34.0 Å². The molecule has 0 radical (unpaired) electrons. The molecule has 0 saturated carbocycles. The first-order valence-corrected chi connectivity index (χ1v) is 12.0. The summed E-state index contributed by atoms with van der Waals surface area (Å²) in [6, 6.07) is 23.6. The van der Waals surface area contributed by atoms with E-state index in [1.807, 2.05) is 50.2 Å². The van der Waals surface area contributed by atoms with Crippen molar-refractivity contribution in [1.29, 1.82) is 0 Å². The Balaban J connectivity index is 1.42. The zero-order valence-electron chi connectivity index (χ0n) is 19.1. The number of carbonyl (C=O) groups is 1.